The van der Waals surface area contributed by atoms with Gasteiger partial charge in [0.05, 0.1) is 18.9 Å². The first-order valence-electron chi connectivity index (χ1n) is 7.90. The number of halogens is 1. The zero-order valence-corrected chi connectivity index (χ0v) is 13.4. The van der Waals surface area contributed by atoms with Gasteiger partial charge in [0.2, 0.25) is 0 Å². The lowest BCUT2D eigenvalue weighted by Gasteiger charge is -2.28. The van der Waals surface area contributed by atoms with Crippen molar-refractivity contribution in [1.82, 2.24) is 14.6 Å². The van der Waals surface area contributed by atoms with Crippen molar-refractivity contribution in [2.24, 2.45) is 0 Å². The summed E-state index contributed by atoms with van der Waals surface area (Å²) in [5, 5.41) is 4.50. The summed E-state index contributed by atoms with van der Waals surface area (Å²) in [7, 11) is 5.60. The van der Waals surface area contributed by atoms with Crippen LogP contribution in [0.25, 0.3) is 16.9 Å². The maximum atomic E-state index is 14.2. The molecule has 124 valence electrons. The SMILES string of the molecule is [B]c1ccc(-c2cc3nc(C=O)cc(N4CCOCC4)n3n2)c(F)c1. The van der Waals surface area contributed by atoms with Gasteiger partial charge >= 0.3 is 0 Å². The van der Waals surface area contributed by atoms with Gasteiger partial charge in [0.25, 0.3) is 0 Å². The molecule has 1 saturated heterocycles. The van der Waals surface area contributed by atoms with Crippen molar-refractivity contribution in [2.45, 2.75) is 0 Å². The second-order valence-electron chi connectivity index (χ2n) is 5.80. The van der Waals surface area contributed by atoms with E-state index in [-0.39, 0.29) is 0 Å². The number of carbonyl (C=O) groups excluding carboxylic acids is 1. The van der Waals surface area contributed by atoms with E-state index in [9.17, 15) is 9.18 Å². The smallest absolute Gasteiger partial charge is 0.168 e. The van der Waals surface area contributed by atoms with E-state index in [1.54, 1.807) is 28.8 Å². The van der Waals surface area contributed by atoms with Gasteiger partial charge in [-0.15, -0.1) is 0 Å². The number of hydrogen-bond acceptors (Lipinski definition) is 5. The largest absolute Gasteiger partial charge is 0.378 e. The summed E-state index contributed by atoms with van der Waals surface area (Å²) in [6, 6.07) is 7.80. The highest BCUT2D eigenvalue weighted by Crippen LogP contribution is 2.25. The lowest BCUT2D eigenvalue weighted by Crippen LogP contribution is -2.37. The Balaban J connectivity index is 1.87. The number of fused-ring (bicyclic) bond motifs is 1. The summed E-state index contributed by atoms with van der Waals surface area (Å²) in [5.74, 6) is 0.282. The molecule has 1 aliphatic heterocycles. The molecule has 1 aliphatic rings. The van der Waals surface area contributed by atoms with Crippen molar-refractivity contribution < 1.29 is 13.9 Å². The van der Waals surface area contributed by atoms with Crippen LogP contribution in [-0.2, 0) is 4.74 Å². The van der Waals surface area contributed by atoms with Gasteiger partial charge < -0.3 is 9.64 Å². The van der Waals surface area contributed by atoms with Crippen LogP contribution in [0.5, 0.6) is 0 Å². The number of aldehydes is 1. The van der Waals surface area contributed by atoms with E-state index < -0.39 is 5.82 Å². The Morgan fingerprint density at radius 1 is 1.20 bits per heavy atom. The monoisotopic (exact) mass is 336 g/mol. The molecule has 0 bridgehead atoms. The fourth-order valence-corrected chi connectivity index (χ4v) is 2.93. The quantitative estimate of drug-likeness (QED) is 0.527. The van der Waals surface area contributed by atoms with Crippen molar-refractivity contribution in [3.05, 3.63) is 41.8 Å². The first-order chi connectivity index (χ1) is 12.2. The van der Waals surface area contributed by atoms with Crippen LogP contribution in [-0.4, -0.2) is 55.0 Å². The van der Waals surface area contributed by atoms with Gasteiger partial charge in [0.1, 0.15) is 25.2 Å². The van der Waals surface area contributed by atoms with Crippen LogP contribution in [0.4, 0.5) is 10.2 Å². The molecule has 8 heteroatoms. The van der Waals surface area contributed by atoms with Gasteiger partial charge in [-0.3, -0.25) is 4.79 Å². The lowest BCUT2D eigenvalue weighted by molar-refractivity contribution is 0.111. The number of nitrogens with zero attached hydrogens (tertiary/aromatic N) is 4. The standard InChI is InChI=1S/C17H14BFN4O2/c18-11-1-2-13(14(19)7-11)15-9-16-20-12(10-24)8-17(23(16)21-15)22-3-5-25-6-4-22/h1-2,7-10H,3-6H2. The summed E-state index contributed by atoms with van der Waals surface area (Å²) in [6.45, 7) is 2.56. The zero-order chi connectivity index (χ0) is 17.4. The molecule has 2 radical (unpaired) electrons. The maximum absolute atomic E-state index is 14.2. The Bertz CT molecular complexity index is 953. The zero-order valence-electron chi connectivity index (χ0n) is 13.4. The van der Waals surface area contributed by atoms with Crippen LogP contribution in [0, 0.1) is 5.82 Å². The van der Waals surface area contributed by atoms with Gasteiger partial charge in [0, 0.05) is 30.8 Å². The van der Waals surface area contributed by atoms with Crippen molar-refractivity contribution in [1.29, 1.82) is 0 Å². The number of anilines is 1. The Hall–Kier alpha value is -2.74. The molecule has 0 amide bonds. The highest BCUT2D eigenvalue weighted by molar-refractivity contribution is 6.32. The van der Waals surface area contributed by atoms with Gasteiger partial charge in [-0.2, -0.15) is 9.61 Å². The second kappa shape index (κ2) is 6.29. The molecule has 1 fully saturated rings. The van der Waals surface area contributed by atoms with Gasteiger partial charge in [0.15, 0.2) is 11.9 Å². The molecule has 3 heterocycles. The molecule has 2 aromatic heterocycles. The number of aromatic nitrogens is 3. The fourth-order valence-electron chi connectivity index (χ4n) is 2.93. The van der Waals surface area contributed by atoms with E-state index in [2.05, 4.69) is 15.0 Å². The second-order valence-corrected chi connectivity index (χ2v) is 5.80. The molecule has 3 aromatic rings. The lowest BCUT2D eigenvalue weighted by atomic mass is 9.94. The summed E-state index contributed by atoms with van der Waals surface area (Å²) in [5.41, 5.74) is 1.90. The normalized spacial score (nSPS) is 14.8. The summed E-state index contributed by atoms with van der Waals surface area (Å²) < 4.78 is 21.2. The number of benzene rings is 1. The molecule has 0 saturated carbocycles. The average molecular weight is 336 g/mol. The predicted molar refractivity (Wildman–Crippen MR) is 92.2 cm³/mol. The van der Waals surface area contributed by atoms with Crippen molar-refractivity contribution >= 4 is 31.1 Å². The van der Waals surface area contributed by atoms with Crippen LogP contribution >= 0.6 is 0 Å². The van der Waals surface area contributed by atoms with Crippen LogP contribution in [0.15, 0.2) is 30.3 Å². The van der Waals surface area contributed by atoms with E-state index in [0.717, 1.165) is 5.82 Å². The van der Waals surface area contributed by atoms with E-state index in [4.69, 9.17) is 12.6 Å². The van der Waals surface area contributed by atoms with E-state index >= 15 is 0 Å². The molecular weight excluding hydrogens is 322 g/mol. The van der Waals surface area contributed by atoms with Crippen molar-refractivity contribution in [3.8, 4) is 11.3 Å². The van der Waals surface area contributed by atoms with Gasteiger partial charge in [-0.1, -0.05) is 17.6 Å². The molecule has 0 spiro atoms. The number of hydrogen-bond donors (Lipinski definition) is 0. The molecule has 0 unspecified atom stereocenters. The predicted octanol–water partition coefficient (Wildman–Crippen LogP) is 0.978. The molecule has 25 heavy (non-hydrogen) atoms. The first kappa shape index (κ1) is 15.8. The summed E-state index contributed by atoms with van der Waals surface area (Å²) in [4.78, 5) is 17.6. The summed E-state index contributed by atoms with van der Waals surface area (Å²) in [6.07, 6.45) is 0.695. The molecule has 6 nitrogen and oxygen atoms in total. The van der Waals surface area contributed by atoms with Gasteiger partial charge in [-0.05, 0) is 6.07 Å². The Morgan fingerprint density at radius 3 is 2.72 bits per heavy atom. The van der Waals surface area contributed by atoms with Crippen LogP contribution in [0.2, 0.25) is 0 Å². The Kier molecular flexibility index (Phi) is 3.97. The molecule has 0 atom stereocenters. The van der Waals surface area contributed by atoms with E-state index in [1.807, 2.05) is 0 Å². The fraction of sp³-hybridized carbons (Fsp3) is 0.235. The van der Waals surface area contributed by atoms with Crippen LogP contribution < -0.4 is 10.4 Å². The minimum Gasteiger partial charge on any atom is -0.378 e. The number of morpholine rings is 1. The van der Waals surface area contributed by atoms with Crippen LogP contribution in [0.1, 0.15) is 10.5 Å². The van der Waals surface area contributed by atoms with E-state index in [0.29, 0.717) is 60.7 Å². The third-order valence-electron chi connectivity index (χ3n) is 4.15. The highest BCUT2D eigenvalue weighted by Gasteiger charge is 2.19. The molecule has 0 N–H and O–H groups in total. The molecule has 4 rings (SSSR count). The number of rotatable bonds is 3. The Labute approximate surface area is 144 Å². The first-order valence-corrected chi connectivity index (χ1v) is 7.90. The molecular formula is C17H14BFN4O2. The van der Waals surface area contributed by atoms with Gasteiger partial charge in [-0.25, -0.2) is 9.37 Å². The maximum Gasteiger partial charge on any atom is 0.168 e. The van der Waals surface area contributed by atoms with Crippen molar-refractivity contribution in [3.63, 3.8) is 0 Å². The average Bonchev–Trinajstić information content (AvgIpc) is 3.05. The third kappa shape index (κ3) is 2.89. The topological polar surface area (TPSA) is 59.7 Å². The minimum atomic E-state index is -0.452. The van der Waals surface area contributed by atoms with E-state index in [1.165, 1.54) is 6.07 Å². The molecule has 0 aliphatic carbocycles. The van der Waals surface area contributed by atoms with Crippen molar-refractivity contribution in [2.75, 3.05) is 31.2 Å². The molecule has 1 aromatic carbocycles. The third-order valence-corrected chi connectivity index (χ3v) is 4.15. The number of carbonyl (C=O) groups is 1. The van der Waals surface area contributed by atoms with Crippen LogP contribution in [0.3, 0.4) is 0 Å². The highest BCUT2D eigenvalue weighted by atomic mass is 19.1. The Morgan fingerprint density at radius 2 is 2.00 bits per heavy atom. The summed E-state index contributed by atoms with van der Waals surface area (Å²) >= 11 is 0. The number of ether oxygens (including phenoxy) is 1. The minimum absolute atomic E-state index is 0.304.